The molecule has 5 unspecified atom stereocenters. The Hall–Kier alpha value is -8.00. The Morgan fingerprint density at radius 3 is 0.870 bits per heavy atom. The standard InChI is InChI=1S/C16H26N2O2.C15H25N3O2.2C13H21NO2.C13H19NO2.C12H19NO3.C8H10BrNO.C5H3BrFN/c1-12(2)20-15-7-6-14(10-17-15)16(19)13(3)11-18-8-4-5-9-18;1-11(2)20-14-6-5-12(9-17-14)15(19)13(16)10-18-7-3-4-8-18;3*1-5-10(4)13(15)11-6-7-12(14-8-11)16-9(2)3;1-8(2)16-11-5-4-10(6-13-11)12(15)9(3)7-14;1-6(2)11-8-4-3-7(9)5-10-8;6-4-1-2-5(7)8-3-4/h6-7,10,12-13,16,19H,4-5,8-9,11H2,1-3H3;5-6,9,11,13,15,19H,3-4,7-8,10,16H2,1-2H3;2*6-10,13,15H,5H2,1-4H3;6-10H,5H2,1-4H3;4-6,8-9,12,14-15H,7H2,1-3H3;3-6H,1-2H3;1-3H/t13-,16?;13-,15?;2*10-,13?;10-;9-,12?;;/m111111../s1. The number of carbonyl (C=O) groups is 1. The lowest BCUT2D eigenvalue weighted by Crippen LogP contribution is -2.40. The summed E-state index contributed by atoms with van der Waals surface area (Å²) in [6.07, 6.45) is 18.9. The molecular formula is C95H144Br2FN11O14. The average molecular weight is 1840 g/mol. The van der Waals surface area contributed by atoms with Gasteiger partial charge in [-0.2, -0.15) is 4.39 Å². The first-order valence-electron chi connectivity index (χ1n) is 43.3. The normalized spacial score (nSPS) is 15.2. The van der Waals surface area contributed by atoms with E-state index < -0.39 is 36.5 Å². The Bertz CT molecular complexity index is 3770. The summed E-state index contributed by atoms with van der Waals surface area (Å²) in [7, 11) is 0. The minimum atomic E-state index is -0.689. The van der Waals surface area contributed by atoms with E-state index in [9.17, 15) is 34.7 Å². The van der Waals surface area contributed by atoms with Gasteiger partial charge in [0, 0.05) is 150 Å². The zero-order valence-corrected chi connectivity index (χ0v) is 80.0. The third-order valence-corrected chi connectivity index (χ3v) is 20.0. The lowest BCUT2D eigenvalue weighted by atomic mass is 9.97. The highest BCUT2D eigenvalue weighted by atomic mass is 79.9. The Morgan fingerprint density at radius 1 is 0.358 bits per heavy atom. The second-order valence-corrected chi connectivity index (χ2v) is 34.6. The van der Waals surface area contributed by atoms with Crippen molar-refractivity contribution in [2.24, 2.45) is 35.3 Å². The number of ether oxygens (including phenoxy) is 7. The maximum Gasteiger partial charge on any atom is 0.213 e. The summed E-state index contributed by atoms with van der Waals surface area (Å²) >= 11 is 6.41. The molecule has 0 saturated carbocycles. The molecule has 123 heavy (non-hydrogen) atoms. The highest BCUT2D eigenvalue weighted by Crippen LogP contribution is 2.30. The minimum absolute atomic E-state index is 0.0502. The largest absolute Gasteiger partial charge is 0.475 e. The first-order chi connectivity index (χ1) is 58.2. The van der Waals surface area contributed by atoms with Gasteiger partial charge in [-0.1, -0.05) is 68.2 Å². The molecule has 0 aliphatic carbocycles. The molecule has 2 aliphatic heterocycles. The number of rotatable bonds is 34. The summed E-state index contributed by atoms with van der Waals surface area (Å²) in [4.78, 5) is 49.0. The van der Waals surface area contributed by atoms with Gasteiger partial charge in [0.15, 0.2) is 5.78 Å². The van der Waals surface area contributed by atoms with E-state index >= 15 is 0 Å². The molecular weight excluding hydrogens is 1700 g/mol. The quantitative estimate of drug-likeness (QED) is 0.0145. The van der Waals surface area contributed by atoms with Crippen LogP contribution in [0.25, 0.3) is 0 Å². The summed E-state index contributed by atoms with van der Waals surface area (Å²) in [6.45, 7) is 49.5. The van der Waals surface area contributed by atoms with Crippen molar-refractivity contribution in [2.45, 2.75) is 277 Å². The summed E-state index contributed by atoms with van der Waals surface area (Å²) in [6, 6.07) is 28.1. The van der Waals surface area contributed by atoms with E-state index in [0.717, 1.165) is 89.7 Å². The number of hydrogen-bond donors (Lipinski definition) is 7. The van der Waals surface area contributed by atoms with Crippen LogP contribution in [0.3, 0.4) is 0 Å². The van der Waals surface area contributed by atoms with Crippen LogP contribution >= 0.6 is 31.9 Å². The van der Waals surface area contributed by atoms with Crippen LogP contribution in [-0.2, 0) is 0 Å². The molecule has 10 rings (SSSR count). The molecule has 25 nitrogen and oxygen atoms in total. The zero-order valence-electron chi connectivity index (χ0n) is 76.8. The van der Waals surface area contributed by atoms with Gasteiger partial charge in [0.25, 0.3) is 0 Å². The van der Waals surface area contributed by atoms with Crippen LogP contribution in [0, 0.1) is 35.5 Å². The van der Waals surface area contributed by atoms with Gasteiger partial charge in [-0.3, -0.25) is 4.79 Å². The van der Waals surface area contributed by atoms with Crippen LogP contribution in [0.1, 0.15) is 266 Å². The second kappa shape index (κ2) is 59.8. The van der Waals surface area contributed by atoms with Gasteiger partial charge in [-0.15, -0.1) is 0 Å². The number of hydrogen-bond acceptors (Lipinski definition) is 25. The number of nitrogens with zero attached hydrogens (tertiary/aromatic N) is 10. The number of carbonyl (C=O) groups excluding carboxylic acids is 1. The lowest BCUT2D eigenvalue weighted by Gasteiger charge is -2.24. The number of aromatic nitrogens is 8. The van der Waals surface area contributed by atoms with Crippen molar-refractivity contribution in [3.63, 3.8) is 0 Å². The maximum atomic E-state index is 12.0. The van der Waals surface area contributed by atoms with E-state index in [4.69, 9.17) is 44.0 Å². The highest BCUT2D eigenvalue weighted by molar-refractivity contribution is 9.10. The van der Waals surface area contributed by atoms with Gasteiger partial charge in [0.05, 0.1) is 73.2 Å². The molecule has 0 radical (unpaired) electrons. The Labute approximate surface area is 749 Å². The molecule has 10 heterocycles. The number of ketones is 1. The number of aliphatic hydroxyl groups excluding tert-OH is 6. The fourth-order valence-corrected chi connectivity index (χ4v) is 12.1. The van der Waals surface area contributed by atoms with Crippen molar-refractivity contribution in [3.05, 3.63) is 195 Å². The first kappa shape index (κ1) is 109. The zero-order chi connectivity index (χ0) is 91.8. The summed E-state index contributed by atoms with van der Waals surface area (Å²) < 4.78 is 51.7. The highest BCUT2D eigenvalue weighted by Gasteiger charge is 2.25. The molecule has 2 fully saturated rings. The van der Waals surface area contributed by atoms with Crippen molar-refractivity contribution in [1.29, 1.82) is 0 Å². The van der Waals surface area contributed by atoms with Crippen LogP contribution < -0.4 is 38.9 Å². The molecule has 11 atom stereocenters. The number of likely N-dealkylation sites (tertiary alicyclic amines) is 2. The van der Waals surface area contributed by atoms with Crippen molar-refractivity contribution >= 4 is 37.6 Å². The fraction of sp³-hybridized carbons (Fsp3) is 0.568. The van der Waals surface area contributed by atoms with Crippen molar-refractivity contribution in [3.8, 4) is 41.2 Å². The van der Waals surface area contributed by atoms with E-state index in [1.807, 2.05) is 167 Å². The monoisotopic (exact) mass is 1840 g/mol. The first-order valence-corrected chi connectivity index (χ1v) is 44.9. The average Bonchev–Trinajstić information content (AvgIpc) is 1.75. The van der Waals surface area contributed by atoms with Crippen LogP contribution in [0.4, 0.5) is 4.39 Å². The van der Waals surface area contributed by atoms with Crippen molar-refractivity contribution < 1.29 is 73.0 Å². The number of halogens is 3. The molecule has 8 aromatic heterocycles. The topological polar surface area (TPSA) is 339 Å². The predicted octanol–water partition coefficient (Wildman–Crippen LogP) is 19.1. The third kappa shape index (κ3) is 45.1. The Balaban J connectivity index is 0.000000367. The second-order valence-electron chi connectivity index (χ2n) is 32.8. The van der Waals surface area contributed by atoms with Crippen LogP contribution in [0.15, 0.2) is 156 Å². The summed E-state index contributed by atoms with van der Waals surface area (Å²) in [5, 5.41) is 59.4. The van der Waals surface area contributed by atoms with Crippen molar-refractivity contribution in [1.82, 2.24) is 49.7 Å². The van der Waals surface area contributed by atoms with Gasteiger partial charge in [0.2, 0.25) is 47.1 Å². The molecule has 0 amide bonds. The van der Waals surface area contributed by atoms with Crippen LogP contribution in [0.2, 0.25) is 0 Å². The lowest BCUT2D eigenvalue weighted by molar-refractivity contribution is 0.0766. The molecule has 2 saturated heterocycles. The number of pyridine rings is 8. The summed E-state index contributed by atoms with van der Waals surface area (Å²) in [5.41, 5.74) is 10.8. The minimum Gasteiger partial charge on any atom is -0.475 e. The van der Waals surface area contributed by atoms with Crippen LogP contribution in [0.5, 0.6) is 41.2 Å². The molecule has 28 heteroatoms. The van der Waals surface area contributed by atoms with E-state index in [2.05, 4.69) is 102 Å². The molecule has 8 N–H and O–H groups in total. The SMILES string of the molecule is CC(C)Oc1ccc(Br)cn1.CC(C)Oc1ccc(C(O)[C@H](C)CN2CCCC2)cn1.CC(C)Oc1ccc(C(O)[C@H](C)CO)cn1.CC(C)Oc1ccc(C(O)[C@H](N)CN2CCCC2)cn1.CC[C@@H](C)C(=O)c1ccc(OC(C)C)nc1.CC[C@@H](C)C(O)c1ccc(OC(C)C)nc1.CC[C@@H](C)C(O)c1ccc(OC(C)C)nc1.Fc1ccc(Br)cn1. The van der Waals surface area contributed by atoms with E-state index in [1.165, 1.54) is 37.9 Å². The predicted molar refractivity (Wildman–Crippen MR) is 492 cm³/mol. The van der Waals surface area contributed by atoms with Gasteiger partial charge in [0.1, 0.15) is 0 Å². The smallest absolute Gasteiger partial charge is 0.213 e. The van der Waals surface area contributed by atoms with E-state index in [0.29, 0.717) is 52.3 Å². The van der Waals surface area contributed by atoms with E-state index in [-0.39, 0.29) is 90.7 Å². The molecule has 0 aromatic carbocycles. The molecule has 684 valence electrons. The Kier molecular flexibility index (Phi) is 53.1. The number of aliphatic hydroxyl groups is 6. The molecule has 8 aromatic rings. The molecule has 0 spiro atoms. The van der Waals surface area contributed by atoms with Gasteiger partial charge in [-0.25, -0.2) is 39.9 Å². The summed E-state index contributed by atoms with van der Waals surface area (Å²) in [5.74, 6) is 4.44. The van der Waals surface area contributed by atoms with E-state index in [1.54, 1.807) is 98.8 Å². The Morgan fingerprint density at radius 2 is 0.626 bits per heavy atom. The van der Waals surface area contributed by atoms with Gasteiger partial charge >= 0.3 is 0 Å². The number of Topliss-reactive ketones (excluding diaryl/α,β-unsaturated/α-hetero) is 1. The maximum absolute atomic E-state index is 12.0. The van der Waals surface area contributed by atoms with Crippen LogP contribution in [-0.4, -0.2) is 181 Å². The third-order valence-electron chi connectivity index (χ3n) is 19.0. The van der Waals surface area contributed by atoms with Gasteiger partial charge in [-0.05, 0) is 282 Å². The fourth-order valence-electron chi connectivity index (χ4n) is 11.7. The van der Waals surface area contributed by atoms with Crippen molar-refractivity contribution in [2.75, 3.05) is 45.9 Å². The number of nitrogens with two attached hydrogens (primary N) is 1. The van der Waals surface area contributed by atoms with Gasteiger partial charge < -0.3 is 79.3 Å². The molecule has 2 aliphatic rings. The molecule has 0 bridgehead atoms.